The molecule has 0 saturated heterocycles. The van der Waals surface area contributed by atoms with Crippen molar-refractivity contribution in [3.05, 3.63) is 0 Å². The molecule has 0 aliphatic heterocycles. The molecular weight excluding hydrogens is 364 g/mol. The first-order valence-electron chi connectivity index (χ1n) is 14.3. The molecule has 0 spiro atoms. The van der Waals surface area contributed by atoms with Crippen molar-refractivity contribution in [3.63, 3.8) is 0 Å². The van der Waals surface area contributed by atoms with Gasteiger partial charge in [-0.3, -0.25) is 0 Å². The second-order valence-electron chi connectivity index (χ2n) is 11.7. The molecular formula is C29H54O. The molecule has 6 unspecified atom stereocenters. The highest BCUT2D eigenvalue weighted by Gasteiger charge is 2.41. The maximum Gasteiger partial charge on any atom is 0.0433 e. The first-order valence-corrected chi connectivity index (χ1v) is 14.3. The lowest BCUT2D eigenvalue weighted by Gasteiger charge is -2.47. The van der Waals surface area contributed by atoms with Crippen molar-refractivity contribution in [2.24, 2.45) is 47.3 Å². The number of hydrogen-bond acceptors (Lipinski definition) is 1. The standard InChI is InChI=1S/C29H54O/c1-4-7-8-9-22-10-13-26(14-11-22)28-17-15-27(21-25(28)6-3)29-16-12-23(18-19-30)20-24(29)5-2/h22-30H,4-21H2,1-3H3. The molecule has 0 aromatic rings. The van der Waals surface area contributed by atoms with Crippen LogP contribution in [-0.4, -0.2) is 11.7 Å². The van der Waals surface area contributed by atoms with Crippen LogP contribution >= 0.6 is 0 Å². The zero-order chi connectivity index (χ0) is 21.3. The fourth-order valence-electron chi connectivity index (χ4n) is 8.31. The highest BCUT2D eigenvalue weighted by molar-refractivity contribution is 4.91. The van der Waals surface area contributed by atoms with Gasteiger partial charge in [-0.1, -0.05) is 78.6 Å². The molecule has 0 aromatic heterocycles. The van der Waals surface area contributed by atoms with E-state index in [1.807, 2.05) is 0 Å². The predicted molar refractivity (Wildman–Crippen MR) is 131 cm³/mol. The summed E-state index contributed by atoms with van der Waals surface area (Å²) in [6, 6.07) is 0. The molecule has 1 heteroatoms. The summed E-state index contributed by atoms with van der Waals surface area (Å²) in [5.41, 5.74) is 0. The van der Waals surface area contributed by atoms with Crippen LogP contribution in [-0.2, 0) is 0 Å². The minimum Gasteiger partial charge on any atom is -0.396 e. The van der Waals surface area contributed by atoms with Crippen LogP contribution in [0.15, 0.2) is 0 Å². The van der Waals surface area contributed by atoms with Crippen LogP contribution in [0.4, 0.5) is 0 Å². The number of aliphatic hydroxyl groups is 1. The van der Waals surface area contributed by atoms with Crippen LogP contribution in [0.5, 0.6) is 0 Å². The topological polar surface area (TPSA) is 20.2 Å². The third kappa shape index (κ3) is 6.49. The summed E-state index contributed by atoms with van der Waals surface area (Å²) in [4.78, 5) is 0. The normalized spacial score (nSPS) is 40.4. The summed E-state index contributed by atoms with van der Waals surface area (Å²) in [7, 11) is 0. The average Bonchev–Trinajstić information content (AvgIpc) is 2.79. The first kappa shape index (κ1) is 24.6. The van der Waals surface area contributed by atoms with E-state index in [9.17, 15) is 5.11 Å². The van der Waals surface area contributed by atoms with E-state index in [4.69, 9.17) is 0 Å². The van der Waals surface area contributed by atoms with Crippen molar-refractivity contribution in [2.45, 2.75) is 130 Å². The number of rotatable bonds is 10. The average molecular weight is 419 g/mol. The second kappa shape index (κ2) is 12.9. The van der Waals surface area contributed by atoms with Crippen molar-refractivity contribution in [2.75, 3.05) is 6.61 Å². The van der Waals surface area contributed by atoms with Crippen molar-refractivity contribution >= 4 is 0 Å². The molecule has 3 saturated carbocycles. The fraction of sp³-hybridized carbons (Fsp3) is 1.00. The van der Waals surface area contributed by atoms with Gasteiger partial charge in [0.15, 0.2) is 0 Å². The predicted octanol–water partition coefficient (Wildman–Crippen LogP) is 8.64. The number of hydrogen-bond donors (Lipinski definition) is 1. The van der Waals surface area contributed by atoms with Gasteiger partial charge in [0.1, 0.15) is 0 Å². The van der Waals surface area contributed by atoms with Gasteiger partial charge in [-0.25, -0.2) is 0 Å². The van der Waals surface area contributed by atoms with Gasteiger partial charge in [-0.05, 0) is 98.7 Å². The van der Waals surface area contributed by atoms with Crippen molar-refractivity contribution in [1.82, 2.24) is 0 Å². The lowest BCUT2D eigenvalue weighted by atomic mass is 9.58. The number of unbranched alkanes of at least 4 members (excludes halogenated alkanes) is 2. The SMILES string of the molecule is CCCCCC1CCC(C2CCC(C3CCC(CCO)CC3CC)CC2CC)CC1. The molecule has 1 nitrogen and oxygen atoms in total. The van der Waals surface area contributed by atoms with Crippen LogP contribution in [0.25, 0.3) is 0 Å². The lowest BCUT2D eigenvalue weighted by molar-refractivity contribution is 0.0272. The van der Waals surface area contributed by atoms with Crippen molar-refractivity contribution in [1.29, 1.82) is 0 Å². The Morgan fingerprint density at radius 2 is 1.20 bits per heavy atom. The quantitative estimate of drug-likeness (QED) is 0.352. The third-order valence-electron chi connectivity index (χ3n) is 10.1. The molecule has 3 aliphatic carbocycles. The molecule has 176 valence electrons. The van der Waals surface area contributed by atoms with Gasteiger partial charge in [0, 0.05) is 6.61 Å². The van der Waals surface area contributed by atoms with E-state index in [1.165, 1.54) is 77.0 Å². The Morgan fingerprint density at radius 1 is 0.600 bits per heavy atom. The Morgan fingerprint density at radius 3 is 1.87 bits per heavy atom. The minimum absolute atomic E-state index is 0.398. The maximum absolute atomic E-state index is 9.38. The van der Waals surface area contributed by atoms with Gasteiger partial charge in [-0.15, -0.1) is 0 Å². The van der Waals surface area contributed by atoms with Gasteiger partial charge in [0.05, 0.1) is 0 Å². The van der Waals surface area contributed by atoms with Crippen LogP contribution < -0.4 is 0 Å². The zero-order valence-electron chi connectivity index (χ0n) is 20.8. The highest BCUT2D eigenvalue weighted by Crippen LogP contribution is 2.51. The molecule has 3 fully saturated rings. The monoisotopic (exact) mass is 418 g/mol. The van der Waals surface area contributed by atoms with E-state index >= 15 is 0 Å². The van der Waals surface area contributed by atoms with Crippen molar-refractivity contribution < 1.29 is 5.11 Å². The smallest absolute Gasteiger partial charge is 0.0433 e. The highest BCUT2D eigenvalue weighted by atomic mass is 16.3. The zero-order valence-corrected chi connectivity index (χ0v) is 20.8. The van der Waals surface area contributed by atoms with Crippen LogP contribution in [0.3, 0.4) is 0 Å². The molecule has 0 heterocycles. The summed E-state index contributed by atoms with van der Waals surface area (Å²) in [5.74, 6) is 7.93. The molecule has 0 amide bonds. The van der Waals surface area contributed by atoms with Gasteiger partial charge in [0.2, 0.25) is 0 Å². The van der Waals surface area contributed by atoms with Crippen molar-refractivity contribution in [3.8, 4) is 0 Å². The summed E-state index contributed by atoms with van der Waals surface area (Å²) >= 11 is 0. The molecule has 30 heavy (non-hydrogen) atoms. The summed E-state index contributed by atoms with van der Waals surface area (Å²) < 4.78 is 0. The molecule has 0 bridgehead atoms. The Hall–Kier alpha value is -0.0400. The van der Waals surface area contributed by atoms with E-state index in [-0.39, 0.29) is 0 Å². The van der Waals surface area contributed by atoms with E-state index in [1.54, 1.807) is 25.7 Å². The van der Waals surface area contributed by atoms with Gasteiger partial charge >= 0.3 is 0 Å². The summed E-state index contributed by atoms with van der Waals surface area (Å²) in [6.45, 7) is 7.66. The van der Waals surface area contributed by atoms with E-state index in [0.717, 1.165) is 53.8 Å². The van der Waals surface area contributed by atoms with E-state index in [0.29, 0.717) is 6.61 Å². The van der Waals surface area contributed by atoms with Crippen LogP contribution in [0.1, 0.15) is 130 Å². The maximum atomic E-state index is 9.38. The molecule has 6 atom stereocenters. The molecule has 3 rings (SSSR count). The van der Waals surface area contributed by atoms with E-state index in [2.05, 4.69) is 20.8 Å². The Balaban J connectivity index is 1.49. The second-order valence-corrected chi connectivity index (χ2v) is 11.7. The minimum atomic E-state index is 0.398. The van der Waals surface area contributed by atoms with Gasteiger partial charge in [-0.2, -0.15) is 0 Å². The third-order valence-corrected chi connectivity index (χ3v) is 10.1. The molecule has 0 aromatic carbocycles. The van der Waals surface area contributed by atoms with Crippen LogP contribution in [0.2, 0.25) is 0 Å². The lowest BCUT2D eigenvalue weighted by Crippen LogP contribution is -2.38. The Bertz CT molecular complexity index is 451. The van der Waals surface area contributed by atoms with E-state index < -0.39 is 0 Å². The fourth-order valence-corrected chi connectivity index (χ4v) is 8.31. The van der Waals surface area contributed by atoms with Gasteiger partial charge in [0.25, 0.3) is 0 Å². The summed E-state index contributed by atoms with van der Waals surface area (Å²) in [5, 5.41) is 9.38. The largest absolute Gasteiger partial charge is 0.396 e. The molecule has 3 aliphatic rings. The Labute approximate surface area is 189 Å². The first-order chi connectivity index (χ1) is 14.7. The molecule has 1 N–H and O–H groups in total. The number of aliphatic hydroxyl groups excluding tert-OH is 1. The summed E-state index contributed by atoms with van der Waals surface area (Å²) in [6.07, 6.45) is 24.7. The Kier molecular flexibility index (Phi) is 10.5. The van der Waals surface area contributed by atoms with Crippen LogP contribution in [0, 0.1) is 47.3 Å². The molecule has 0 radical (unpaired) electrons. The van der Waals surface area contributed by atoms with Gasteiger partial charge < -0.3 is 5.11 Å².